The van der Waals surface area contributed by atoms with Crippen molar-refractivity contribution in [2.75, 3.05) is 24.7 Å². The van der Waals surface area contributed by atoms with Crippen LogP contribution >= 0.6 is 11.8 Å². The van der Waals surface area contributed by atoms with Crippen LogP contribution in [0.15, 0.2) is 35.5 Å². The number of ether oxygens (including phenoxy) is 2. The first-order valence-corrected chi connectivity index (χ1v) is 8.05. The first-order chi connectivity index (χ1) is 10.2. The summed E-state index contributed by atoms with van der Waals surface area (Å²) < 4.78 is 11.2. The molecule has 2 rings (SSSR count). The molecule has 0 bridgehead atoms. The molecule has 0 aliphatic rings. The second-order valence-electron chi connectivity index (χ2n) is 4.11. The van der Waals surface area contributed by atoms with E-state index < -0.39 is 0 Å². The maximum atomic E-state index is 5.78. The van der Waals surface area contributed by atoms with Gasteiger partial charge in [-0.3, -0.25) is 0 Å². The first kappa shape index (κ1) is 15.4. The SMILES string of the molecule is CCNc1cc(Oc2ccc(OCC)cc2)nc(SC)n1. The maximum Gasteiger partial charge on any atom is 0.225 e. The summed E-state index contributed by atoms with van der Waals surface area (Å²) in [6.45, 7) is 5.42. The predicted molar refractivity (Wildman–Crippen MR) is 85.7 cm³/mol. The predicted octanol–water partition coefficient (Wildman–Crippen LogP) is 3.82. The van der Waals surface area contributed by atoms with Crippen molar-refractivity contribution in [3.05, 3.63) is 30.3 Å². The summed E-state index contributed by atoms with van der Waals surface area (Å²) in [5, 5.41) is 3.85. The largest absolute Gasteiger partial charge is 0.494 e. The average Bonchev–Trinajstić information content (AvgIpc) is 2.49. The summed E-state index contributed by atoms with van der Waals surface area (Å²) in [5.74, 6) is 2.82. The molecular formula is C15H19N3O2S. The quantitative estimate of drug-likeness (QED) is 0.620. The Kier molecular flexibility index (Phi) is 5.68. The number of nitrogens with zero attached hydrogens (tertiary/aromatic N) is 2. The summed E-state index contributed by atoms with van der Waals surface area (Å²) in [6, 6.07) is 9.26. The van der Waals surface area contributed by atoms with Crippen molar-refractivity contribution in [1.82, 2.24) is 9.97 Å². The number of benzene rings is 1. The van der Waals surface area contributed by atoms with Gasteiger partial charge >= 0.3 is 0 Å². The van der Waals surface area contributed by atoms with Gasteiger partial charge in [-0.15, -0.1) is 0 Å². The van der Waals surface area contributed by atoms with Gasteiger partial charge in [0.05, 0.1) is 6.61 Å². The smallest absolute Gasteiger partial charge is 0.225 e. The van der Waals surface area contributed by atoms with E-state index in [1.165, 1.54) is 11.8 Å². The second kappa shape index (κ2) is 7.73. The molecule has 5 nitrogen and oxygen atoms in total. The van der Waals surface area contributed by atoms with Gasteiger partial charge in [0.15, 0.2) is 5.16 Å². The minimum absolute atomic E-state index is 0.523. The van der Waals surface area contributed by atoms with E-state index in [4.69, 9.17) is 9.47 Å². The van der Waals surface area contributed by atoms with Crippen molar-refractivity contribution in [3.8, 4) is 17.4 Å². The summed E-state index contributed by atoms with van der Waals surface area (Å²) >= 11 is 1.48. The summed E-state index contributed by atoms with van der Waals surface area (Å²) in [5.41, 5.74) is 0. The van der Waals surface area contributed by atoms with Gasteiger partial charge in [-0.1, -0.05) is 11.8 Å². The first-order valence-electron chi connectivity index (χ1n) is 6.82. The van der Waals surface area contributed by atoms with Crippen molar-refractivity contribution < 1.29 is 9.47 Å². The zero-order chi connectivity index (χ0) is 15.1. The van der Waals surface area contributed by atoms with E-state index in [1.54, 1.807) is 6.07 Å². The Morgan fingerprint density at radius 1 is 1.10 bits per heavy atom. The van der Waals surface area contributed by atoms with Gasteiger partial charge in [0.25, 0.3) is 0 Å². The molecule has 0 unspecified atom stereocenters. The standard InChI is InChI=1S/C15H19N3O2S/c1-4-16-13-10-14(18-15(17-13)21-3)20-12-8-6-11(7-9-12)19-5-2/h6-10H,4-5H2,1-3H3,(H,16,17,18). The Hall–Kier alpha value is -1.95. The van der Waals surface area contributed by atoms with Gasteiger partial charge in [-0.05, 0) is 44.4 Å². The fourth-order valence-corrected chi connectivity index (χ4v) is 2.08. The lowest BCUT2D eigenvalue weighted by atomic mass is 10.3. The van der Waals surface area contributed by atoms with E-state index in [0.717, 1.165) is 18.1 Å². The third-order valence-corrected chi connectivity index (χ3v) is 3.13. The van der Waals surface area contributed by atoms with Crippen LogP contribution < -0.4 is 14.8 Å². The van der Waals surface area contributed by atoms with E-state index in [9.17, 15) is 0 Å². The molecule has 0 aliphatic carbocycles. The van der Waals surface area contributed by atoms with Crippen LogP contribution in [0, 0.1) is 0 Å². The molecular weight excluding hydrogens is 286 g/mol. The lowest BCUT2D eigenvalue weighted by Crippen LogP contribution is -2.02. The fraction of sp³-hybridized carbons (Fsp3) is 0.333. The molecule has 0 aliphatic heterocycles. The van der Waals surface area contributed by atoms with Gasteiger partial charge < -0.3 is 14.8 Å². The number of thioether (sulfide) groups is 1. The Labute approximate surface area is 129 Å². The number of hydrogen-bond acceptors (Lipinski definition) is 6. The van der Waals surface area contributed by atoms with Crippen LogP contribution in [-0.4, -0.2) is 29.4 Å². The van der Waals surface area contributed by atoms with Gasteiger partial charge in [-0.2, -0.15) is 4.98 Å². The van der Waals surface area contributed by atoms with Crippen molar-refractivity contribution in [2.24, 2.45) is 0 Å². The third kappa shape index (κ3) is 4.53. The van der Waals surface area contributed by atoms with Gasteiger partial charge in [-0.25, -0.2) is 4.98 Å². The lowest BCUT2D eigenvalue weighted by Gasteiger charge is -2.09. The highest BCUT2D eigenvalue weighted by Gasteiger charge is 2.06. The van der Waals surface area contributed by atoms with Crippen LogP contribution in [0.4, 0.5) is 5.82 Å². The molecule has 112 valence electrons. The van der Waals surface area contributed by atoms with Crippen molar-refractivity contribution in [2.45, 2.75) is 19.0 Å². The molecule has 0 saturated carbocycles. The zero-order valence-electron chi connectivity index (χ0n) is 12.4. The number of aromatic nitrogens is 2. The lowest BCUT2D eigenvalue weighted by molar-refractivity contribution is 0.339. The monoisotopic (exact) mass is 305 g/mol. The number of hydrogen-bond donors (Lipinski definition) is 1. The fourth-order valence-electron chi connectivity index (χ4n) is 1.71. The molecule has 0 atom stereocenters. The summed E-state index contributed by atoms with van der Waals surface area (Å²) in [7, 11) is 0. The van der Waals surface area contributed by atoms with Crippen LogP contribution in [-0.2, 0) is 0 Å². The van der Waals surface area contributed by atoms with Crippen LogP contribution in [0.5, 0.6) is 17.4 Å². The molecule has 0 spiro atoms. The van der Waals surface area contributed by atoms with Gasteiger partial charge in [0.1, 0.15) is 17.3 Å². The molecule has 1 aromatic carbocycles. The molecule has 0 radical (unpaired) electrons. The van der Waals surface area contributed by atoms with E-state index in [2.05, 4.69) is 15.3 Å². The number of nitrogens with one attached hydrogen (secondary N) is 1. The maximum absolute atomic E-state index is 5.78. The van der Waals surface area contributed by atoms with Crippen molar-refractivity contribution in [3.63, 3.8) is 0 Å². The highest BCUT2D eigenvalue weighted by Crippen LogP contribution is 2.25. The Morgan fingerprint density at radius 3 is 2.43 bits per heavy atom. The molecule has 21 heavy (non-hydrogen) atoms. The molecule has 6 heteroatoms. The van der Waals surface area contributed by atoms with Crippen LogP contribution in [0.2, 0.25) is 0 Å². The topological polar surface area (TPSA) is 56.3 Å². The summed E-state index contributed by atoms with van der Waals surface area (Å²) in [4.78, 5) is 8.71. The Morgan fingerprint density at radius 2 is 1.81 bits per heavy atom. The Balaban J connectivity index is 2.15. The number of rotatable bonds is 7. The minimum Gasteiger partial charge on any atom is -0.494 e. The zero-order valence-corrected chi connectivity index (χ0v) is 13.2. The molecule has 0 amide bonds. The molecule has 1 N–H and O–H groups in total. The van der Waals surface area contributed by atoms with Crippen LogP contribution in [0.3, 0.4) is 0 Å². The average molecular weight is 305 g/mol. The van der Waals surface area contributed by atoms with E-state index >= 15 is 0 Å². The highest BCUT2D eigenvalue weighted by molar-refractivity contribution is 7.98. The highest BCUT2D eigenvalue weighted by atomic mass is 32.2. The molecule has 1 aromatic heterocycles. The van der Waals surface area contributed by atoms with Gasteiger partial charge in [0, 0.05) is 12.6 Å². The van der Waals surface area contributed by atoms with Gasteiger partial charge in [0.2, 0.25) is 5.88 Å². The van der Waals surface area contributed by atoms with E-state index in [1.807, 2.05) is 44.4 Å². The molecule has 1 heterocycles. The Bertz CT molecular complexity index is 576. The van der Waals surface area contributed by atoms with E-state index in [-0.39, 0.29) is 0 Å². The van der Waals surface area contributed by atoms with Crippen molar-refractivity contribution in [1.29, 1.82) is 0 Å². The minimum atomic E-state index is 0.523. The summed E-state index contributed by atoms with van der Waals surface area (Å²) in [6.07, 6.45) is 1.94. The normalized spacial score (nSPS) is 10.2. The molecule has 2 aromatic rings. The number of anilines is 1. The molecule has 0 fully saturated rings. The van der Waals surface area contributed by atoms with E-state index in [0.29, 0.717) is 23.4 Å². The van der Waals surface area contributed by atoms with Crippen LogP contribution in [0.25, 0.3) is 0 Å². The van der Waals surface area contributed by atoms with Crippen LogP contribution in [0.1, 0.15) is 13.8 Å². The second-order valence-corrected chi connectivity index (χ2v) is 4.89. The molecule has 0 saturated heterocycles. The van der Waals surface area contributed by atoms with Crippen molar-refractivity contribution >= 4 is 17.6 Å². The third-order valence-electron chi connectivity index (χ3n) is 2.58.